The molecule has 2 fully saturated rings. The molecule has 2 atom stereocenters. The summed E-state index contributed by atoms with van der Waals surface area (Å²) in [7, 11) is 2.19. The van der Waals surface area contributed by atoms with Crippen LogP contribution in [0.4, 0.5) is 15.9 Å². The van der Waals surface area contributed by atoms with Gasteiger partial charge in [0.25, 0.3) is 0 Å². The Hall–Kier alpha value is -1.55. The fourth-order valence-corrected chi connectivity index (χ4v) is 4.24. The average Bonchev–Trinajstić information content (AvgIpc) is 3.17. The van der Waals surface area contributed by atoms with Crippen LogP contribution >= 0.6 is 27.0 Å². The van der Waals surface area contributed by atoms with Crippen LogP contribution in [-0.4, -0.2) is 52.0 Å². The number of anilines is 2. The molecule has 9 heteroatoms. The van der Waals surface area contributed by atoms with Crippen LogP contribution in [0, 0.1) is 19.7 Å². The van der Waals surface area contributed by atoms with Gasteiger partial charge in [0.2, 0.25) is 0 Å². The molecule has 2 aliphatic rings. The van der Waals surface area contributed by atoms with Gasteiger partial charge in [-0.2, -0.15) is 27.0 Å². The quantitative estimate of drug-likeness (QED) is 0.748. The van der Waals surface area contributed by atoms with E-state index in [2.05, 4.69) is 32.1 Å². The Morgan fingerprint density at radius 1 is 1.17 bits per heavy atom. The first-order valence-electron chi connectivity index (χ1n) is 9.47. The molecule has 2 bridgehead atoms. The van der Waals surface area contributed by atoms with Crippen LogP contribution in [0.15, 0.2) is 18.2 Å². The van der Waals surface area contributed by atoms with E-state index < -0.39 is 0 Å². The van der Waals surface area contributed by atoms with Crippen molar-refractivity contribution in [3.63, 3.8) is 0 Å². The van der Waals surface area contributed by atoms with E-state index in [1.807, 2.05) is 26.0 Å². The lowest BCUT2D eigenvalue weighted by Gasteiger charge is -2.31. The number of aromatic nitrogens is 2. The average molecular weight is 439 g/mol. The number of nitrogens with two attached hydrogens (primary N) is 1. The zero-order valence-corrected chi connectivity index (χ0v) is 19.2. The number of likely N-dealkylation sites (N-methyl/N-ethyl adjacent to an activating group) is 1. The molecular weight excluding hydrogens is 407 g/mol. The molecule has 0 saturated carbocycles. The third-order valence-corrected chi connectivity index (χ3v) is 5.83. The molecule has 29 heavy (non-hydrogen) atoms. The summed E-state index contributed by atoms with van der Waals surface area (Å²) in [6.07, 6.45) is 1.24. The van der Waals surface area contributed by atoms with Gasteiger partial charge in [0, 0.05) is 43.8 Å². The van der Waals surface area contributed by atoms with Gasteiger partial charge in [-0.25, -0.2) is 14.4 Å². The molecule has 1 aromatic carbocycles. The SMILES string of the molecule is Cc1nc(C)c(N)c(NCc2ccc(CN3C[C@@H]4C[C@H]3CN4C)cc2F)n1.S.S. The van der Waals surface area contributed by atoms with Crippen molar-refractivity contribution in [1.82, 2.24) is 19.8 Å². The number of fused-ring (bicyclic) bond motifs is 2. The minimum absolute atomic E-state index is 0. The molecule has 0 aliphatic carbocycles. The third-order valence-electron chi connectivity index (χ3n) is 5.83. The lowest BCUT2D eigenvalue weighted by Crippen LogP contribution is -2.43. The highest BCUT2D eigenvalue weighted by molar-refractivity contribution is 7.59. The number of nitrogens with zero attached hydrogens (tertiary/aromatic N) is 4. The summed E-state index contributed by atoms with van der Waals surface area (Å²) >= 11 is 0. The van der Waals surface area contributed by atoms with Gasteiger partial charge in [-0.15, -0.1) is 0 Å². The smallest absolute Gasteiger partial charge is 0.153 e. The molecule has 4 rings (SSSR count). The highest BCUT2D eigenvalue weighted by atomic mass is 32.1. The van der Waals surface area contributed by atoms with Crippen molar-refractivity contribution in [1.29, 1.82) is 0 Å². The second-order valence-electron chi connectivity index (χ2n) is 7.81. The number of hydrogen-bond acceptors (Lipinski definition) is 6. The van der Waals surface area contributed by atoms with Gasteiger partial charge in [-0.3, -0.25) is 4.90 Å². The van der Waals surface area contributed by atoms with Crippen LogP contribution in [0.1, 0.15) is 29.1 Å². The van der Waals surface area contributed by atoms with E-state index in [0.29, 0.717) is 41.5 Å². The number of hydrogen-bond donors (Lipinski definition) is 2. The predicted molar refractivity (Wildman–Crippen MR) is 126 cm³/mol. The fraction of sp³-hybridized carbons (Fsp3) is 0.500. The number of piperazine rings is 1. The molecular formula is C20H31FN6S2. The highest BCUT2D eigenvalue weighted by Crippen LogP contribution is 2.30. The zero-order chi connectivity index (χ0) is 19.1. The third kappa shape index (κ3) is 4.96. The number of nitrogens with one attached hydrogen (secondary N) is 1. The molecule has 6 nitrogen and oxygen atoms in total. The summed E-state index contributed by atoms with van der Waals surface area (Å²) in [6, 6.07) is 6.81. The highest BCUT2D eigenvalue weighted by Gasteiger charge is 2.41. The van der Waals surface area contributed by atoms with Crippen molar-refractivity contribution in [3.05, 3.63) is 46.7 Å². The van der Waals surface area contributed by atoms with Crippen molar-refractivity contribution < 1.29 is 4.39 Å². The second-order valence-corrected chi connectivity index (χ2v) is 7.81. The normalized spacial score (nSPS) is 21.0. The number of nitrogen functional groups attached to an aromatic ring is 1. The molecule has 0 amide bonds. The minimum Gasteiger partial charge on any atom is -0.394 e. The molecule has 1 aromatic heterocycles. The summed E-state index contributed by atoms with van der Waals surface area (Å²) in [4.78, 5) is 13.4. The Kier molecular flexibility index (Phi) is 7.78. The van der Waals surface area contributed by atoms with E-state index in [9.17, 15) is 4.39 Å². The monoisotopic (exact) mass is 438 g/mol. The molecule has 2 aromatic rings. The van der Waals surface area contributed by atoms with Crippen LogP contribution < -0.4 is 11.1 Å². The van der Waals surface area contributed by atoms with Crippen LogP contribution in [0.3, 0.4) is 0 Å². The summed E-state index contributed by atoms with van der Waals surface area (Å²) in [5.74, 6) is 1.01. The van der Waals surface area contributed by atoms with Gasteiger partial charge in [-0.1, -0.05) is 12.1 Å². The first-order valence-corrected chi connectivity index (χ1v) is 9.47. The van der Waals surface area contributed by atoms with Gasteiger partial charge < -0.3 is 16.0 Å². The van der Waals surface area contributed by atoms with Gasteiger partial charge in [0.15, 0.2) is 5.82 Å². The van der Waals surface area contributed by atoms with Crippen LogP contribution in [-0.2, 0) is 13.1 Å². The van der Waals surface area contributed by atoms with E-state index >= 15 is 0 Å². The largest absolute Gasteiger partial charge is 0.394 e. The van der Waals surface area contributed by atoms with Crippen LogP contribution in [0.5, 0.6) is 0 Å². The summed E-state index contributed by atoms with van der Waals surface area (Å²) in [5, 5.41) is 3.14. The van der Waals surface area contributed by atoms with Crippen molar-refractivity contribution >= 4 is 38.5 Å². The number of rotatable bonds is 5. The van der Waals surface area contributed by atoms with Crippen molar-refractivity contribution in [2.45, 2.75) is 45.4 Å². The van der Waals surface area contributed by atoms with E-state index in [0.717, 1.165) is 30.9 Å². The number of likely N-dealkylation sites (tertiary alicyclic amines) is 2. The number of halogens is 1. The predicted octanol–water partition coefficient (Wildman–Crippen LogP) is 2.54. The van der Waals surface area contributed by atoms with E-state index in [1.54, 1.807) is 6.07 Å². The molecule has 3 N–H and O–H groups in total. The molecule has 0 radical (unpaired) electrons. The van der Waals surface area contributed by atoms with Crippen molar-refractivity contribution in [3.8, 4) is 0 Å². The molecule has 2 saturated heterocycles. The maximum absolute atomic E-state index is 14.6. The minimum atomic E-state index is -0.192. The number of aryl methyl sites for hydroxylation is 2. The van der Waals surface area contributed by atoms with E-state index in [1.165, 1.54) is 6.42 Å². The Balaban J connectivity index is 0.00000150. The second kappa shape index (κ2) is 9.51. The fourth-order valence-electron chi connectivity index (χ4n) is 4.24. The Bertz CT molecular complexity index is 863. The first kappa shape index (κ1) is 23.7. The van der Waals surface area contributed by atoms with E-state index in [4.69, 9.17) is 5.73 Å². The molecule has 0 spiro atoms. The molecule has 160 valence electrons. The standard InChI is InChI=1S/C20H27FN6.2H2S/c1-12-19(22)20(25-13(2)24-12)23-8-15-5-4-14(6-18(15)21)9-27-11-16-7-17(27)10-26(16)3;;/h4-6,16-17H,7-11,22H2,1-3H3,(H,23,24,25);2*1H2/t16-,17-;;/m0../s1. The van der Waals surface area contributed by atoms with Gasteiger partial charge >= 0.3 is 0 Å². The van der Waals surface area contributed by atoms with Gasteiger partial charge in [0.05, 0.1) is 11.4 Å². The summed E-state index contributed by atoms with van der Waals surface area (Å²) in [6.45, 7) is 7.01. The maximum Gasteiger partial charge on any atom is 0.153 e. The molecule has 0 unspecified atom stereocenters. The maximum atomic E-state index is 14.6. The lowest BCUT2D eigenvalue weighted by molar-refractivity contribution is 0.143. The van der Waals surface area contributed by atoms with Crippen LogP contribution in [0.2, 0.25) is 0 Å². The number of benzene rings is 1. The van der Waals surface area contributed by atoms with Gasteiger partial charge in [-0.05, 0) is 38.9 Å². The van der Waals surface area contributed by atoms with Crippen molar-refractivity contribution in [2.24, 2.45) is 0 Å². The Morgan fingerprint density at radius 3 is 2.55 bits per heavy atom. The van der Waals surface area contributed by atoms with Crippen LogP contribution in [0.25, 0.3) is 0 Å². The zero-order valence-electron chi connectivity index (χ0n) is 17.2. The topological polar surface area (TPSA) is 70.3 Å². The summed E-state index contributed by atoms with van der Waals surface area (Å²) < 4.78 is 14.6. The Labute approximate surface area is 186 Å². The molecule has 3 heterocycles. The van der Waals surface area contributed by atoms with E-state index in [-0.39, 0.29) is 32.8 Å². The Morgan fingerprint density at radius 2 is 1.93 bits per heavy atom. The summed E-state index contributed by atoms with van der Waals surface area (Å²) in [5.41, 5.74) is 8.89. The lowest BCUT2D eigenvalue weighted by atomic mass is 10.1. The molecule has 2 aliphatic heterocycles. The first-order chi connectivity index (χ1) is 12.9. The van der Waals surface area contributed by atoms with Crippen molar-refractivity contribution in [2.75, 3.05) is 31.2 Å². The van der Waals surface area contributed by atoms with Gasteiger partial charge in [0.1, 0.15) is 11.6 Å².